The van der Waals surface area contributed by atoms with Crippen LogP contribution >= 0.6 is 0 Å². The molecule has 186 valence electrons. The van der Waals surface area contributed by atoms with E-state index in [9.17, 15) is 9.59 Å². The summed E-state index contributed by atoms with van der Waals surface area (Å²) in [6.45, 7) is 4.21. The Balaban J connectivity index is 0.000000280. The number of carbonyl (C=O) groups excluding carboxylic acids is 2. The van der Waals surface area contributed by atoms with Crippen molar-refractivity contribution in [1.82, 2.24) is 10.3 Å². The van der Waals surface area contributed by atoms with Crippen molar-refractivity contribution in [3.63, 3.8) is 0 Å². The zero-order valence-corrected chi connectivity index (χ0v) is 20.3. The second-order valence-corrected chi connectivity index (χ2v) is 8.53. The quantitative estimate of drug-likeness (QED) is 0.328. The first-order chi connectivity index (χ1) is 17.4. The van der Waals surface area contributed by atoms with Crippen molar-refractivity contribution in [2.75, 3.05) is 12.1 Å². The van der Waals surface area contributed by atoms with Crippen molar-refractivity contribution in [2.45, 2.75) is 32.9 Å². The molecule has 3 aromatic carbocycles. The minimum atomic E-state index is -0.624. The van der Waals surface area contributed by atoms with Crippen LogP contribution in [0.4, 0.5) is 5.69 Å². The van der Waals surface area contributed by atoms with Gasteiger partial charge in [0.05, 0.1) is 6.04 Å². The summed E-state index contributed by atoms with van der Waals surface area (Å²) in [4.78, 5) is 26.8. The van der Waals surface area contributed by atoms with Crippen molar-refractivity contribution >= 4 is 28.4 Å². The number of H-pyrrole nitrogens is 1. The number of nitrogens with one attached hydrogen (secondary N) is 3. The molecule has 1 aliphatic rings. The van der Waals surface area contributed by atoms with Gasteiger partial charge in [-0.05, 0) is 54.8 Å². The van der Waals surface area contributed by atoms with E-state index in [2.05, 4.69) is 15.6 Å². The largest absolute Gasteiger partial charge is 0.454 e. The van der Waals surface area contributed by atoms with Gasteiger partial charge in [0, 0.05) is 35.8 Å². The Morgan fingerprint density at radius 2 is 1.61 bits per heavy atom. The lowest BCUT2D eigenvalue weighted by Gasteiger charge is -2.13. The molecule has 1 aliphatic heterocycles. The number of hydrogen-bond acceptors (Lipinski definition) is 5. The predicted octanol–water partition coefficient (Wildman–Crippen LogP) is 4.04. The van der Waals surface area contributed by atoms with E-state index in [4.69, 9.17) is 15.2 Å². The maximum Gasteiger partial charge on any atom is 0.237 e. The molecule has 2 amide bonds. The molecule has 0 fully saturated rings. The average molecular weight is 487 g/mol. The lowest BCUT2D eigenvalue weighted by Crippen LogP contribution is -2.41. The summed E-state index contributed by atoms with van der Waals surface area (Å²) in [7, 11) is 0. The molecule has 8 nitrogen and oxygen atoms in total. The molecule has 0 saturated carbocycles. The van der Waals surface area contributed by atoms with Crippen LogP contribution < -0.4 is 25.8 Å². The van der Waals surface area contributed by atoms with Crippen LogP contribution in [0.25, 0.3) is 10.9 Å². The highest BCUT2D eigenvalue weighted by molar-refractivity contribution is 5.89. The highest BCUT2D eigenvalue weighted by Gasteiger charge is 2.18. The number of hydrogen-bond donors (Lipinski definition) is 4. The topological polar surface area (TPSA) is 118 Å². The zero-order valence-electron chi connectivity index (χ0n) is 20.3. The summed E-state index contributed by atoms with van der Waals surface area (Å²) in [5, 5.41) is 6.69. The second-order valence-electron chi connectivity index (χ2n) is 8.53. The van der Waals surface area contributed by atoms with Gasteiger partial charge >= 0.3 is 0 Å². The molecule has 0 unspecified atom stereocenters. The summed E-state index contributed by atoms with van der Waals surface area (Å²) in [5.74, 6) is 1.38. The van der Waals surface area contributed by atoms with Gasteiger partial charge in [0.2, 0.25) is 18.6 Å². The van der Waals surface area contributed by atoms with Crippen molar-refractivity contribution in [3.05, 3.63) is 89.6 Å². The van der Waals surface area contributed by atoms with Gasteiger partial charge in [-0.25, -0.2) is 0 Å². The number of benzene rings is 3. The van der Waals surface area contributed by atoms with Crippen molar-refractivity contribution in [1.29, 1.82) is 0 Å². The normalized spacial score (nSPS) is 12.4. The van der Waals surface area contributed by atoms with Gasteiger partial charge in [-0.1, -0.05) is 42.5 Å². The molecule has 0 radical (unpaired) electrons. The molecule has 0 saturated heterocycles. The Morgan fingerprint density at radius 3 is 2.28 bits per heavy atom. The van der Waals surface area contributed by atoms with Crippen molar-refractivity contribution < 1.29 is 19.1 Å². The number of nitrogens with two attached hydrogens (primary N) is 1. The molecule has 1 aromatic heterocycles. The van der Waals surface area contributed by atoms with Gasteiger partial charge < -0.3 is 30.8 Å². The smallest absolute Gasteiger partial charge is 0.237 e. The van der Waals surface area contributed by atoms with Crippen LogP contribution in [0.5, 0.6) is 11.5 Å². The molecule has 8 heteroatoms. The van der Waals surface area contributed by atoms with E-state index in [1.165, 1.54) is 6.92 Å². The predicted molar refractivity (Wildman–Crippen MR) is 140 cm³/mol. The zero-order chi connectivity index (χ0) is 25.5. The Kier molecular flexibility index (Phi) is 7.87. The number of ether oxygens (including phenoxy) is 2. The van der Waals surface area contributed by atoms with Crippen LogP contribution in [0.3, 0.4) is 0 Å². The van der Waals surface area contributed by atoms with Crippen LogP contribution in [0, 0.1) is 6.92 Å². The van der Waals surface area contributed by atoms with E-state index < -0.39 is 6.04 Å². The fourth-order valence-corrected chi connectivity index (χ4v) is 3.98. The number of para-hydroxylation sites is 3. The lowest BCUT2D eigenvalue weighted by atomic mass is 10.0. The first-order valence-electron chi connectivity index (χ1n) is 11.7. The van der Waals surface area contributed by atoms with Crippen LogP contribution in [-0.4, -0.2) is 29.6 Å². The Morgan fingerprint density at radius 1 is 0.972 bits per heavy atom. The van der Waals surface area contributed by atoms with Gasteiger partial charge in [-0.2, -0.15) is 0 Å². The van der Waals surface area contributed by atoms with Gasteiger partial charge in [-0.15, -0.1) is 0 Å². The first kappa shape index (κ1) is 24.8. The van der Waals surface area contributed by atoms with E-state index in [0.29, 0.717) is 19.8 Å². The Bertz CT molecular complexity index is 1320. The fraction of sp³-hybridized carbons (Fsp3) is 0.214. The number of aryl methyl sites for hydroxylation is 1. The fourth-order valence-electron chi connectivity index (χ4n) is 3.98. The summed E-state index contributed by atoms with van der Waals surface area (Å²) < 4.78 is 10.2. The lowest BCUT2D eigenvalue weighted by molar-refractivity contribution is -0.122. The number of aromatic amines is 1. The molecular weight excluding hydrogens is 456 g/mol. The van der Waals surface area contributed by atoms with Crippen LogP contribution in [0.15, 0.2) is 72.8 Å². The van der Waals surface area contributed by atoms with Gasteiger partial charge in [0.25, 0.3) is 0 Å². The van der Waals surface area contributed by atoms with E-state index >= 15 is 0 Å². The SMILES string of the molecule is CC(=O)Nc1ccc(CNC(=O)[C@@H](N)Cc2c(C)[nH]c3ccccc23)cc1.c1ccc2c(c1)OCO2. The van der Waals surface area contributed by atoms with E-state index in [1.807, 2.05) is 67.6 Å². The molecule has 2 heterocycles. The van der Waals surface area contributed by atoms with Crippen LogP contribution in [0.2, 0.25) is 0 Å². The van der Waals surface area contributed by atoms with Crippen LogP contribution in [-0.2, 0) is 22.6 Å². The third kappa shape index (κ3) is 6.22. The molecule has 0 bridgehead atoms. The third-order valence-corrected chi connectivity index (χ3v) is 5.81. The summed E-state index contributed by atoms with van der Waals surface area (Å²) in [6, 6.07) is 22.4. The van der Waals surface area contributed by atoms with E-state index in [0.717, 1.165) is 44.9 Å². The molecule has 0 aliphatic carbocycles. The van der Waals surface area contributed by atoms with Crippen molar-refractivity contribution in [3.8, 4) is 11.5 Å². The van der Waals surface area contributed by atoms with Crippen LogP contribution in [0.1, 0.15) is 23.7 Å². The number of amides is 2. The number of carbonyl (C=O) groups is 2. The molecule has 4 aromatic rings. The van der Waals surface area contributed by atoms with E-state index in [-0.39, 0.29) is 11.8 Å². The Hall–Kier alpha value is -4.30. The van der Waals surface area contributed by atoms with E-state index in [1.54, 1.807) is 12.1 Å². The van der Waals surface area contributed by atoms with Crippen molar-refractivity contribution in [2.24, 2.45) is 5.73 Å². The summed E-state index contributed by atoms with van der Waals surface area (Å²) >= 11 is 0. The molecule has 5 rings (SSSR count). The van der Waals surface area contributed by atoms with Gasteiger partial charge in [-0.3, -0.25) is 9.59 Å². The minimum Gasteiger partial charge on any atom is -0.454 e. The van der Waals surface area contributed by atoms with Gasteiger partial charge in [0.1, 0.15) is 0 Å². The highest BCUT2D eigenvalue weighted by atomic mass is 16.7. The molecule has 0 spiro atoms. The number of aromatic nitrogens is 1. The third-order valence-electron chi connectivity index (χ3n) is 5.81. The average Bonchev–Trinajstić information content (AvgIpc) is 3.48. The number of anilines is 1. The minimum absolute atomic E-state index is 0.116. The first-order valence-corrected chi connectivity index (χ1v) is 11.7. The molecule has 36 heavy (non-hydrogen) atoms. The maximum absolute atomic E-state index is 12.4. The van der Waals surface area contributed by atoms with Gasteiger partial charge in [0.15, 0.2) is 11.5 Å². The molecule has 5 N–H and O–H groups in total. The summed E-state index contributed by atoms with van der Waals surface area (Å²) in [6.07, 6.45) is 0.475. The summed E-state index contributed by atoms with van der Waals surface area (Å²) in [5.41, 5.74) is 11.0. The monoisotopic (exact) mass is 486 g/mol. The standard InChI is InChI=1S/C21H24N4O2.C7H6O2/c1-13-18(17-5-3-4-6-20(17)24-13)11-19(22)21(27)23-12-15-7-9-16(10-8-15)25-14(2)26;1-2-4-7-6(3-1)8-5-9-7/h3-10,19,24H,11-12,22H2,1-2H3,(H,23,27)(H,25,26);1-4H,5H2/t19-;/m0./s1. The second kappa shape index (κ2) is 11.4. The number of fused-ring (bicyclic) bond motifs is 2. The maximum atomic E-state index is 12.4. The highest BCUT2D eigenvalue weighted by Crippen LogP contribution is 2.30. The Labute approximate surface area is 209 Å². The molecular formula is C28H30N4O4. The number of rotatable bonds is 6. The molecule has 1 atom stereocenters.